The van der Waals surface area contributed by atoms with Gasteiger partial charge in [-0.15, -0.1) is 0 Å². The van der Waals surface area contributed by atoms with Gasteiger partial charge in [-0.05, 0) is 12.1 Å². The van der Waals surface area contributed by atoms with Gasteiger partial charge in [0.25, 0.3) is 10.0 Å². The number of benzene rings is 1. The zero-order valence-corrected chi connectivity index (χ0v) is 12.2. The predicted molar refractivity (Wildman–Crippen MR) is 73.6 cm³/mol. The zero-order valence-electron chi connectivity index (χ0n) is 10.6. The van der Waals surface area contributed by atoms with Gasteiger partial charge in [0.2, 0.25) is 5.91 Å². The number of nitrogens with one attached hydrogen (secondary N) is 2. The molecule has 6 nitrogen and oxygen atoms in total. The fourth-order valence-corrected chi connectivity index (χ4v) is 3.50. The molecule has 2 rings (SSSR count). The van der Waals surface area contributed by atoms with Crippen molar-refractivity contribution in [2.45, 2.75) is 11.1 Å². The molecule has 0 saturated carbocycles. The minimum Gasteiger partial charge on any atom is -0.302 e. The van der Waals surface area contributed by atoms with E-state index in [4.69, 9.17) is 0 Å². The summed E-state index contributed by atoms with van der Waals surface area (Å²) in [5.41, 5.74) is -0.383. The number of carbonyl (C=O) groups is 1. The van der Waals surface area contributed by atoms with Crippen molar-refractivity contribution >= 4 is 38.1 Å². The van der Waals surface area contributed by atoms with Gasteiger partial charge in [0.15, 0.2) is 9.34 Å². The van der Waals surface area contributed by atoms with Gasteiger partial charge >= 0.3 is 0 Å². The van der Waals surface area contributed by atoms with Crippen molar-refractivity contribution < 1.29 is 22.0 Å². The van der Waals surface area contributed by atoms with Crippen LogP contribution in [0.1, 0.15) is 6.92 Å². The molecule has 0 atom stereocenters. The van der Waals surface area contributed by atoms with Crippen LogP contribution in [0.15, 0.2) is 28.6 Å². The first-order valence-electron chi connectivity index (χ1n) is 5.49. The molecule has 1 aromatic carbocycles. The first-order valence-corrected chi connectivity index (χ1v) is 7.79. The lowest BCUT2D eigenvalue weighted by atomic mass is 10.3. The lowest BCUT2D eigenvalue weighted by Crippen LogP contribution is -2.12. The van der Waals surface area contributed by atoms with Crippen LogP contribution in [0.4, 0.5) is 19.6 Å². The first-order chi connectivity index (χ1) is 9.78. The molecule has 0 spiro atoms. The van der Waals surface area contributed by atoms with Crippen LogP contribution in [0.25, 0.3) is 0 Å². The molecule has 0 fully saturated rings. The Morgan fingerprint density at radius 2 is 2.05 bits per heavy atom. The Labute approximate surface area is 122 Å². The number of nitrogens with zero attached hydrogens (tertiary/aromatic N) is 1. The Morgan fingerprint density at radius 1 is 1.33 bits per heavy atom. The van der Waals surface area contributed by atoms with Gasteiger partial charge in [-0.2, -0.15) is 0 Å². The van der Waals surface area contributed by atoms with Crippen LogP contribution in [-0.4, -0.2) is 19.3 Å². The normalized spacial score (nSPS) is 11.2. The van der Waals surface area contributed by atoms with Gasteiger partial charge in [-0.3, -0.25) is 9.52 Å². The standard InChI is InChI=1S/C11H9F2N3O3S2/c1-6(17)15-11-14-5-10(20-11)21(18,19)16-9-3-2-7(12)4-8(9)13/h2-5,16H,1H3,(H,14,15,17). The summed E-state index contributed by atoms with van der Waals surface area (Å²) in [5, 5.41) is 2.43. The third-order valence-electron chi connectivity index (χ3n) is 2.21. The highest BCUT2D eigenvalue weighted by Gasteiger charge is 2.20. The van der Waals surface area contributed by atoms with Gasteiger partial charge in [-0.25, -0.2) is 22.2 Å². The molecule has 0 aliphatic carbocycles. The average molecular weight is 333 g/mol. The second kappa shape index (κ2) is 5.74. The number of thiazole rings is 1. The topological polar surface area (TPSA) is 88.2 Å². The molecule has 2 aromatic rings. The molecule has 21 heavy (non-hydrogen) atoms. The van der Waals surface area contributed by atoms with Crippen molar-refractivity contribution in [2.75, 3.05) is 10.0 Å². The van der Waals surface area contributed by atoms with E-state index in [1.807, 2.05) is 4.72 Å². The van der Waals surface area contributed by atoms with Crippen LogP contribution in [0, 0.1) is 11.6 Å². The largest absolute Gasteiger partial charge is 0.302 e. The summed E-state index contributed by atoms with van der Waals surface area (Å²) in [6.07, 6.45) is 1.03. The Kier molecular flexibility index (Phi) is 4.19. The van der Waals surface area contributed by atoms with Crippen LogP contribution in [-0.2, 0) is 14.8 Å². The maximum Gasteiger partial charge on any atom is 0.273 e. The van der Waals surface area contributed by atoms with Crippen molar-refractivity contribution in [2.24, 2.45) is 0 Å². The summed E-state index contributed by atoms with van der Waals surface area (Å²) in [6.45, 7) is 1.25. The van der Waals surface area contributed by atoms with Crippen molar-refractivity contribution in [3.8, 4) is 0 Å². The molecular formula is C11H9F2N3O3S2. The third kappa shape index (κ3) is 3.73. The summed E-state index contributed by atoms with van der Waals surface area (Å²) < 4.78 is 52.0. The van der Waals surface area contributed by atoms with E-state index >= 15 is 0 Å². The lowest BCUT2D eigenvalue weighted by Gasteiger charge is -2.06. The molecule has 0 bridgehead atoms. The highest BCUT2D eigenvalue weighted by atomic mass is 32.2. The van der Waals surface area contributed by atoms with E-state index in [0.717, 1.165) is 18.3 Å². The Morgan fingerprint density at radius 3 is 2.67 bits per heavy atom. The highest BCUT2D eigenvalue weighted by Crippen LogP contribution is 2.26. The van der Waals surface area contributed by atoms with Crippen molar-refractivity contribution in [3.05, 3.63) is 36.0 Å². The van der Waals surface area contributed by atoms with Crippen molar-refractivity contribution in [3.63, 3.8) is 0 Å². The quantitative estimate of drug-likeness (QED) is 0.897. The number of sulfonamides is 1. The summed E-state index contributed by atoms with van der Waals surface area (Å²) in [4.78, 5) is 14.6. The summed E-state index contributed by atoms with van der Waals surface area (Å²) >= 11 is 0.706. The second-order valence-electron chi connectivity index (χ2n) is 3.90. The first kappa shape index (κ1) is 15.3. The van der Waals surface area contributed by atoms with E-state index in [2.05, 4.69) is 10.3 Å². The van der Waals surface area contributed by atoms with E-state index in [9.17, 15) is 22.0 Å². The molecule has 112 valence electrons. The van der Waals surface area contributed by atoms with E-state index in [1.165, 1.54) is 6.92 Å². The summed E-state index contributed by atoms with van der Waals surface area (Å²) in [5.74, 6) is -2.25. The SMILES string of the molecule is CC(=O)Nc1ncc(S(=O)(=O)Nc2ccc(F)cc2F)s1. The number of anilines is 2. The smallest absolute Gasteiger partial charge is 0.273 e. The molecule has 10 heteroatoms. The average Bonchev–Trinajstić information content (AvgIpc) is 2.81. The second-order valence-corrected chi connectivity index (χ2v) is 6.84. The molecule has 1 heterocycles. The summed E-state index contributed by atoms with van der Waals surface area (Å²) in [6, 6.07) is 2.46. The fourth-order valence-electron chi connectivity index (χ4n) is 1.36. The molecule has 1 aromatic heterocycles. The van der Waals surface area contributed by atoms with Gasteiger partial charge in [0, 0.05) is 13.0 Å². The zero-order chi connectivity index (χ0) is 15.6. The Balaban J connectivity index is 2.25. The monoisotopic (exact) mass is 333 g/mol. The third-order valence-corrected chi connectivity index (χ3v) is 4.95. The molecular weight excluding hydrogens is 324 g/mol. The molecule has 0 aliphatic rings. The Bertz CT molecular complexity index is 790. The van der Waals surface area contributed by atoms with Gasteiger partial charge in [0.05, 0.1) is 11.9 Å². The lowest BCUT2D eigenvalue weighted by molar-refractivity contribution is -0.114. The minimum absolute atomic E-state index is 0.0995. The number of amides is 1. The predicted octanol–water partition coefficient (Wildman–Crippen LogP) is 2.18. The van der Waals surface area contributed by atoms with Crippen molar-refractivity contribution in [1.82, 2.24) is 4.98 Å². The van der Waals surface area contributed by atoms with Crippen molar-refractivity contribution in [1.29, 1.82) is 0 Å². The van der Waals surface area contributed by atoms with E-state index in [0.29, 0.717) is 17.4 Å². The molecule has 0 unspecified atom stereocenters. The Hall–Kier alpha value is -2.07. The van der Waals surface area contributed by atoms with E-state index in [-0.39, 0.29) is 15.0 Å². The van der Waals surface area contributed by atoms with Gasteiger partial charge in [-0.1, -0.05) is 11.3 Å². The van der Waals surface area contributed by atoms with Gasteiger partial charge < -0.3 is 5.32 Å². The van der Waals surface area contributed by atoms with Crippen LogP contribution in [0.3, 0.4) is 0 Å². The number of rotatable bonds is 4. The molecule has 0 aliphatic heterocycles. The molecule has 0 saturated heterocycles. The van der Waals surface area contributed by atoms with Gasteiger partial charge in [0.1, 0.15) is 11.6 Å². The highest BCUT2D eigenvalue weighted by molar-refractivity contribution is 7.94. The number of hydrogen-bond acceptors (Lipinski definition) is 5. The number of halogens is 2. The van der Waals surface area contributed by atoms with E-state index < -0.39 is 27.6 Å². The van der Waals surface area contributed by atoms with E-state index in [1.54, 1.807) is 0 Å². The fraction of sp³-hybridized carbons (Fsp3) is 0.0909. The number of hydrogen-bond donors (Lipinski definition) is 2. The number of carbonyl (C=O) groups excluding carboxylic acids is 1. The van der Waals surface area contributed by atoms with Crippen LogP contribution in [0.2, 0.25) is 0 Å². The maximum absolute atomic E-state index is 13.4. The molecule has 2 N–H and O–H groups in total. The van der Waals surface area contributed by atoms with Crippen LogP contribution >= 0.6 is 11.3 Å². The molecule has 0 radical (unpaired) electrons. The van der Waals surface area contributed by atoms with Crippen LogP contribution in [0.5, 0.6) is 0 Å². The molecule has 1 amide bonds. The minimum atomic E-state index is -4.07. The maximum atomic E-state index is 13.4. The number of aromatic nitrogens is 1. The summed E-state index contributed by atoms with van der Waals surface area (Å²) in [7, 11) is -4.07. The van der Waals surface area contributed by atoms with Crippen LogP contribution < -0.4 is 10.0 Å².